The van der Waals surface area contributed by atoms with Gasteiger partial charge in [-0.15, -0.1) is 10.2 Å². The predicted molar refractivity (Wildman–Crippen MR) is 96.7 cm³/mol. The molecule has 1 heterocycles. The first kappa shape index (κ1) is 18.4. The Morgan fingerprint density at radius 3 is 2.92 bits per heavy atom. The predicted octanol–water partition coefficient (Wildman–Crippen LogP) is 3.39. The van der Waals surface area contributed by atoms with Gasteiger partial charge in [-0.2, -0.15) is 0 Å². The maximum atomic E-state index is 12.4. The number of nitrogens with zero attached hydrogens (tertiary/aromatic N) is 4. The van der Waals surface area contributed by atoms with Crippen LogP contribution in [0.3, 0.4) is 0 Å². The van der Waals surface area contributed by atoms with Crippen LogP contribution in [-0.2, 0) is 4.79 Å². The van der Waals surface area contributed by atoms with E-state index in [2.05, 4.69) is 17.1 Å². The van der Waals surface area contributed by atoms with E-state index in [-0.39, 0.29) is 28.5 Å². The Labute approximate surface area is 155 Å². The number of amides is 1. The second kappa shape index (κ2) is 8.31. The number of rotatable bonds is 9. The van der Waals surface area contributed by atoms with Gasteiger partial charge >= 0.3 is 0 Å². The summed E-state index contributed by atoms with van der Waals surface area (Å²) in [6.45, 7) is 3.65. The molecule has 8 nitrogen and oxygen atoms in total. The number of nitro groups is 1. The standard InChI is InChI=1S/C17H20N4O4S/c1-2-8-20(10-12-6-7-12)15(22)11-26-17-19-18-16(25-17)13-4-3-5-14(9-13)21(23)24/h3-5,9,12H,2,6-8,10-11H2,1H3. The largest absolute Gasteiger partial charge is 0.411 e. The molecule has 9 heteroatoms. The van der Waals surface area contributed by atoms with E-state index >= 15 is 0 Å². The third-order valence-corrected chi connectivity index (χ3v) is 4.85. The van der Waals surface area contributed by atoms with E-state index < -0.39 is 4.92 Å². The van der Waals surface area contributed by atoms with Gasteiger partial charge in [-0.25, -0.2) is 0 Å². The van der Waals surface area contributed by atoms with Gasteiger partial charge in [0.2, 0.25) is 11.8 Å². The summed E-state index contributed by atoms with van der Waals surface area (Å²) in [6, 6.07) is 6.01. The van der Waals surface area contributed by atoms with Crippen LogP contribution in [0.4, 0.5) is 5.69 Å². The summed E-state index contributed by atoms with van der Waals surface area (Å²) >= 11 is 1.19. The first-order valence-corrected chi connectivity index (χ1v) is 9.54. The molecular formula is C17H20N4O4S. The summed E-state index contributed by atoms with van der Waals surface area (Å²) < 4.78 is 5.54. The minimum Gasteiger partial charge on any atom is -0.411 e. The van der Waals surface area contributed by atoms with Crippen LogP contribution < -0.4 is 0 Å². The summed E-state index contributed by atoms with van der Waals surface area (Å²) in [6.07, 6.45) is 3.34. The molecule has 0 saturated heterocycles. The number of nitro benzene ring substituents is 1. The van der Waals surface area contributed by atoms with Gasteiger partial charge in [0.05, 0.1) is 10.7 Å². The van der Waals surface area contributed by atoms with Gasteiger partial charge in [0, 0.05) is 30.8 Å². The molecule has 1 fully saturated rings. The van der Waals surface area contributed by atoms with Crippen LogP contribution in [0.2, 0.25) is 0 Å². The molecule has 0 bridgehead atoms. The van der Waals surface area contributed by atoms with Gasteiger partial charge in [-0.1, -0.05) is 24.8 Å². The molecule has 1 amide bonds. The molecule has 0 spiro atoms. The van der Waals surface area contributed by atoms with Gasteiger partial charge in [0.15, 0.2) is 0 Å². The Balaban J connectivity index is 1.60. The van der Waals surface area contributed by atoms with E-state index in [1.165, 1.54) is 36.7 Å². The topological polar surface area (TPSA) is 102 Å². The molecule has 1 saturated carbocycles. The highest BCUT2D eigenvalue weighted by Crippen LogP contribution is 2.30. The smallest absolute Gasteiger partial charge is 0.277 e. The maximum Gasteiger partial charge on any atom is 0.277 e. The van der Waals surface area contributed by atoms with Crippen LogP contribution in [0.1, 0.15) is 26.2 Å². The summed E-state index contributed by atoms with van der Waals surface area (Å²) in [5.41, 5.74) is 0.437. The monoisotopic (exact) mass is 376 g/mol. The van der Waals surface area contributed by atoms with Crippen molar-refractivity contribution in [1.29, 1.82) is 0 Å². The van der Waals surface area contributed by atoms with Crippen LogP contribution in [0, 0.1) is 16.0 Å². The van der Waals surface area contributed by atoms with Crippen molar-refractivity contribution in [2.24, 2.45) is 5.92 Å². The van der Waals surface area contributed by atoms with Crippen LogP contribution in [-0.4, -0.2) is 44.8 Å². The lowest BCUT2D eigenvalue weighted by Gasteiger charge is -2.21. The molecule has 3 rings (SSSR count). The number of benzene rings is 1. The molecule has 1 aliphatic rings. The lowest BCUT2D eigenvalue weighted by molar-refractivity contribution is -0.384. The number of carbonyl (C=O) groups excluding carboxylic acids is 1. The van der Waals surface area contributed by atoms with Crippen molar-refractivity contribution in [2.45, 2.75) is 31.4 Å². The second-order valence-corrected chi connectivity index (χ2v) is 7.18. The van der Waals surface area contributed by atoms with Crippen molar-refractivity contribution in [3.05, 3.63) is 34.4 Å². The zero-order chi connectivity index (χ0) is 18.5. The van der Waals surface area contributed by atoms with Crippen LogP contribution in [0.25, 0.3) is 11.5 Å². The number of non-ortho nitro benzene ring substituents is 1. The summed E-state index contributed by atoms with van der Waals surface area (Å²) in [4.78, 5) is 24.7. The molecule has 0 unspecified atom stereocenters. The highest BCUT2D eigenvalue weighted by molar-refractivity contribution is 7.99. The summed E-state index contributed by atoms with van der Waals surface area (Å²) in [5.74, 6) is 1.16. The minimum absolute atomic E-state index is 0.0413. The van der Waals surface area contributed by atoms with Crippen LogP contribution >= 0.6 is 11.8 Å². The minimum atomic E-state index is -0.476. The summed E-state index contributed by atoms with van der Waals surface area (Å²) in [5, 5.41) is 19.0. The van der Waals surface area contributed by atoms with Crippen molar-refractivity contribution in [3.63, 3.8) is 0 Å². The Hall–Kier alpha value is -2.42. The van der Waals surface area contributed by atoms with Crippen molar-refractivity contribution in [2.75, 3.05) is 18.8 Å². The van der Waals surface area contributed by atoms with E-state index in [0.29, 0.717) is 11.5 Å². The fraction of sp³-hybridized carbons (Fsp3) is 0.471. The highest BCUT2D eigenvalue weighted by Gasteiger charge is 2.26. The Kier molecular flexibility index (Phi) is 5.87. The van der Waals surface area contributed by atoms with Crippen LogP contribution in [0.5, 0.6) is 0 Å². The first-order chi connectivity index (χ1) is 12.6. The van der Waals surface area contributed by atoms with Crippen molar-refractivity contribution < 1.29 is 14.1 Å². The van der Waals surface area contributed by atoms with E-state index in [4.69, 9.17) is 4.42 Å². The van der Waals surface area contributed by atoms with E-state index in [1.807, 2.05) is 4.90 Å². The molecule has 0 atom stereocenters. The fourth-order valence-electron chi connectivity index (χ4n) is 2.55. The fourth-order valence-corrected chi connectivity index (χ4v) is 3.22. The van der Waals surface area contributed by atoms with Crippen LogP contribution in [0.15, 0.2) is 33.9 Å². The molecule has 138 valence electrons. The van der Waals surface area contributed by atoms with Gasteiger partial charge in [-0.3, -0.25) is 14.9 Å². The van der Waals surface area contributed by atoms with Gasteiger partial charge in [-0.05, 0) is 31.2 Å². The number of aromatic nitrogens is 2. The zero-order valence-electron chi connectivity index (χ0n) is 14.5. The SMILES string of the molecule is CCCN(CC1CC1)C(=O)CSc1nnc(-c2cccc([N+](=O)[O-])c2)o1. The second-order valence-electron chi connectivity index (χ2n) is 6.25. The van der Waals surface area contributed by atoms with Gasteiger partial charge in [0.25, 0.3) is 10.9 Å². The van der Waals surface area contributed by atoms with Crippen molar-refractivity contribution in [3.8, 4) is 11.5 Å². The van der Waals surface area contributed by atoms with E-state index in [1.54, 1.807) is 12.1 Å². The average molecular weight is 376 g/mol. The first-order valence-electron chi connectivity index (χ1n) is 8.55. The number of hydrogen-bond donors (Lipinski definition) is 0. The quantitative estimate of drug-likeness (QED) is 0.375. The van der Waals surface area contributed by atoms with E-state index in [0.717, 1.165) is 19.5 Å². The van der Waals surface area contributed by atoms with E-state index in [9.17, 15) is 14.9 Å². The van der Waals surface area contributed by atoms with Gasteiger partial charge in [0.1, 0.15) is 0 Å². The Bertz CT molecular complexity index is 791. The normalized spacial score (nSPS) is 13.6. The molecule has 1 aromatic carbocycles. The Morgan fingerprint density at radius 2 is 2.23 bits per heavy atom. The third-order valence-electron chi connectivity index (χ3n) is 4.05. The Morgan fingerprint density at radius 1 is 1.42 bits per heavy atom. The van der Waals surface area contributed by atoms with Crippen molar-refractivity contribution in [1.82, 2.24) is 15.1 Å². The molecule has 0 radical (unpaired) electrons. The average Bonchev–Trinajstić information content (AvgIpc) is 3.33. The molecule has 0 N–H and O–H groups in total. The number of thioether (sulfide) groups is 1. The van der Waals surface area contributed by atoms with Crippen molar-refractivity contribution >= 4 is 23.4 Å². The number of carbonyl (C=O) groups is 1. The lowest BCUT2D eigenvalue weighted by Crippen LogP contribution is -2.34. The molecule has 1 aromatic heterocycles. The zero-order valence-corrected chi connectivity index (χ0v) is 15.3. The van der Waals surface area contributed by atoms with Gasteiger partial charge < -0.3 is 9.32 Å². The number of hydrogen-bond acceptors (Lipinski definition) is 7. The molecule has 0 aliphatic heterocycles. The lowest BCUT2D eigenvalue weighted by atomic mass is 10.2. The molecule has 2 aromatic rings. The summed E-state index contributed by atoms with van der Waals surface area (Å²) in [7, 11) is 0. The molecule has 1 aliphatic carbocycles. The molecule has 26 heavy (non-hydrogen) atoms. The maximum absolute atomic E-state index is 12.4. The highest BCUT2D eigenvalue weighted by atomic mass is 32.2. The molecular weight excluding hydrogens is 356 g/mol. The third kappa shape index (κ3) is 4.81.